The van der Waals surface area contributed by atoms with E-state index >= 15 is 0 Å². The minimum Gasteiger partial charge on any atom is -0.310 e. The maximum absolute atomic E-state index is 2.74. The first-order valence-electron chi connectivity index (χ1n) is 36.1. The van der Waals surface area contributed by atoms with Gasteiger partial charge in [-0.1, -0.05) is 306 Å². The van der Waals surface area contributed by atoms with Crippen LogP contribution in [0.25, 0.3) is 94.3 Å². The van der Waals surface area contributed by atoms with Gasteiger partial charge >= 0.3 is 0 Å². The van der Waals surface area contributed by atoms with Crippen molar-refractivity contribution in [1.82, 2.24) is 4.57 Å². The Kier molecular flexibility index (Phi) is 15.1. The Hall–Kier alpha value is -10.7. The third-order valence-corrected chi connectivity index (χ3v) is 22.0. The van der Waals surface area contributed by atoms with Crippen molar-refractivity contribution in [3.63, 3.8) is 0 Å². The zero-order chi connectivity index (χ0) is 68.4. The molecule has 0 spiro atoms. The highest BCUT2D eigenvalue weighted by Crippen LogP contribution is 2.57. The van der Waals surface area contributed by atoms with Crippen molar-refractivity contribution in [2.45, 2.75) is 105 Å². The Bertz CT molecular complexity index is 5270. The third kappa shape index (κ3) is 11.0. The molecule has 2 aliphatic heterocycles. The molecule has 3 nitrogen and oxygen atoms in total. The van der Waals surface area contributed by atoms with Crippen molar-refractivity contribution in [1.29, 1.82) is 0 Å². The number of nitrogens with zero attached hydrogens (tertiary/aromatic N) is 3. The summed E-state index contributed by atoms with van der Waals surface area (Å²) in [6.07, 6.45) is 3.35. The van der Waals surface area contributed by atoms with Gasteiger partial charge in [-0.15, -0.1) is 0 Å². The molecule has 17 rings (SSSR count). The van der Waals surface area contributed by atoms with E-state index < -0.39 is 0 Å². The highest BCUT2D eigenvalue weighted by Gasteiger charge is 2.47. The largest absolute Gasteiger partial charge is 0.310 e. The van der Waals surface area contributed by atoms with Crippen molar-refractivity contribution in [2.75, 3.05) is 9.80 Å². The monoisotopic (exact) mass is 1290 g/mol. The summed E-state index contributed by atoms with van der Waals surface area (Å²) in [4.78, 5) is 5.47. The van der Waals surface area contributed by atoms with E-state index in [1.165, 1.54) is 162 Å². The number of anilines is 6. The predicted octanol–water partition coefficient (Wildman–Crippen LogP) is 24.8. The minimum absolute atomic E-state index is 0.00857. The molecule has 1 aromatic heterocycles. The quantitative estimate of drug-likeness (QED) is 0.126. The fourth-order valence-corrected chi connectivity index (χ4v) is 17.8. The lowest BCUT2D eigenvalue weighted by molar-refractivity contribution is 0.0969. The van der Waals surface area contributed by atoms with Crippen LogP contribution in [0.3, 0.4) is 0 Å². The van der Waals surface area contributed by atoms with Crippen LogP contribution in [0.2, 0.25) is 0 Å². The number of hydrogen-bond donors (Lipinski definition) is 0. The number of rotatable bonds is 10. The van der Waals surface area contributed by atoms with Crippen LogP contribution < -0.4 is 26.2 Å². The van der Waals surface area contributed by atoms with Gasteiger partial charge in [0.05, 0.1) is 22.4 Å². The van der Waals surface area contributed by atoms with E-state index in [-0.39, 0.29) is 34.3 Å². The number of aromatic nitrogens is 1. The molecule has 1 fully saturated rings. The van der Waals surface area contributed by atoms with E-state index in [4.69, 9.17) is 0 Å². The summed E-state index contributed by atoms with van der Waals surface area (Å²) in [5, 5.41) is 2.57. The Morgan fingerprint density at radius 3 is 1.19 bits per heavy atom. The molecule has 14 aromatic rings. The average Bonchev–Trinajstić information content (AvgIpc) is 1.45. The maximum Gasteiger partial charge on any atom is 0.252 e. The van der Waals surface area contributed by atoms with E-state index in [0.29, 0.717) is 0 Å². The Morgan fingerprint density at radius 2 is 0.730 bits per heavy atom. The standard InChI is InChI=1S/C96H86BN3/c1-93(2,3)73-47-51-84-80(58-73)81-59-74(94(4,5)6)48-52-85(81)98(84)75-40-26-39-68(53-75)69-46-50-86-83(54-69)97-82-49-45-70(63-29-16-11-17-30-63)55-87(82)100(92-78(66-35-22-14-23-36-66)43-28-44-79(92)67-37-24-15-25-38-67)89-57-71(72-60-95(7,8)62-96(9,10)61-72)56-88(90(89)97)99(86)91-76(64-31-18-12-19-32-64)41-27-42-77(91)65-33-20-13-21-34-65/h11-59,72H,60-62H2,1-10H3. The fourth-order valence-electron chi connectivity index (χ4n) is 17.8. The molecule has 0 amide bonds. The molecule has 0 saturated heterocycles. The highest BCUT2D eigenvalue weighted by molar-refractivity contribution is 7.00. The van der Waals surface area contributed by atoms with Gasteiger partial charge in [-0.25, -0.2) is 0 Å². The van der Waals surface area contributed by atoms with Crippen LogP contribution in [-0.4, -0.2) is 11.3 Å². The van der Waals surface area contributed by atoms with Crippen LogP contribution >= 0.6 is 0 Å². The second-order valence-electron chi connectivity index (χ2n) is 32.3. The Morgan fingerprint density at radius 1 is 0.330 bits per heavy atom. The van der Waals surface area contributed by atoms with Crippen LogP contribution in [-0.2, 0) is 10.8 Å². The molecule has 0 radical (unpaired) electrons. The Labute approximate surface area is 592 Å². The smallest absolute Gasteiger partial charge is 0.252 e. The number of fused-ring (bicyclic) bond motifs is 7. The second-order valence-corrected chi connectivity index (χ2v) is 32.3. The maximum atomic E-state index is 2.74. The van der Waals surface area contributed by atoms with Gasteiger partial charge in [-0.2, -0.15) is 0 Å². The minimum atomic E-state index is -0.191. The molecule has 1 aliphatic carbocycles. The highest BCUT2D eigenvalue weighted by atomic mass is 15.2. The predicted molar refractivity (Wildman–Crippen MR) is 429 cm³/mol. The van der Waals surface area contributed by atoms with Crippen molar-refractivity contribution in [2.24, 2.45) is 10.8 Å². The Balaban J connectivity index is 0.993. The van der Waals surface area contributed by atoms with Crippen molar-refractivity contribution < 1.29 is 0 Å². The van der Waals surface area contributed by atoms with Gasteiger partial charge in [0.2, 0.25) is 0 Å². The molecule has 3 aliphatic rings. The summed E-state index contributed by atoms with van der Waals surface area (Å²) in [7, 11) is 0. The van der Waals surface area contributed by atoms with Gasteiger partial charge in [-0.3, -0.25) is 0 Å². The zero-order valence-electron chi connectivity index (χ0n) is 59.4. The molecule has 0 unspecified atom stereocenters. The lowest BCUT2D eigenvalue weighted by atomic mass is 9.33. The number of benzene rings is 13. The van der Waals surface area contributed by atoms with Crippen LogP contribution in [0.5, 0.6) is 0 Å². The molecule has 13 aromatic carbocycles. The summed E-state index contributed by atoms with van der Waals surface area (Å²) >= 11 is 0. The van der Waals surface area contributed by atoms with E-state index in [1.54, 1.807) is 0 Å². The molecule has 4 heteroatoms. The topological polar surface area (TPSA) is 11.4 Å². The van der Waals surface area contributed by atoms with Gasteiger partial charge in [-0.05, 0) is 185 Å². The van der Waals surface area contributed by atoms with E-state index in [1.807, 2.05) is 0 Å². The van der Waals surface area contributed by atoms with Crippen molar-refractivity contribution in [3.8, 4) is 72.4 Å². The summed E-state index contributed by atoms with van der Waals surface area (Å²) in [6, 6.07) is 114. The van der Waals surface area contributed by atoms with Gasteiger partial charge in [0.1, 0.15) is 0 Å². The van der Waals surface area contributed by atoms with Crippen LogP contribution in [0.15, 0.2) is 297 Å². The zero-order valence-corrected chi connectivity index (χ0v) is 59.4. The van der Waals surface area contributed by atoms with Gasteiger partial charge in [0.15, 0.2) is 0 Å². The summed E-state index contributed by atoms with van der Waals surface area (Å²) in [5.41, 5.74) is 32.9. The van der Waals surface area contributed by atoms with Crippen molar-refractivity contribution in [3.05, 3.63) is 314 Å². The fraction of sp³-hybridized carbons (Fsp3) is 0.188. The number of para-hydroxylation sites is 2. The SMILES string of the molecule is CC1(C)CC(c2cc3c4c(c2)N(c2c(-c5ccccc5)cccc2-c2ccccc2)c2cc(-c5ccccc5)ccc2B4c2cc(-c4cccc(-n5c6ccc(C(C)(C)C)cc6c6cc(C(C)(C)C)ccc65)c4)ccc2N3c2c(-c3ccccc3)cccc2-c2ccccc2)CC(C)(C)C1. The molecule has 1 saturated carbocycles. The summed E-state index contributed by atoms with van der Waals surface area (Å²) in [6.45, 7) is 23.8. The molecule has 100 heavy (non-hydrogen) atoms. The lowest BCUT2D eigenvalue weighted by Gasteiger charge is -2.48. The van der Waals surface area contributed by atoms with Crippen molar-refractivity contribution >= 4 is 79.0 Å². The van der Waals surface area contributed by atoms with Crippen LogP contribution in [0.1, 0.15) is 111 Å². The molecular weight excluding hydrogens is 1210 g/mol. The molecule has 3 heterocycles. The summed E-state index contributed by atoms with van der Waals surface area (Å²) in [5.74, 6) is 0.280. The molecule has 488 valence electrons. The first-order valence-corrected chi connectivity index (χ1v) is 36.1. The first kappa shape index (κ1) is 62.8. The van der Waals surface area contributed by atoms with Crippen LogP contribution in [0, 0.1) is 10.8 Å². The van der Waals surface area contributed by atoms with Gasteiger partial charge in [0, 0.05) is 61.5 Å². The molecular formula is C96H86BN3. The average molecular weight is 1290 g/mol. The number of hydrogen-bond acceptors (Lipinski definition) is 2. The van der Waals surface area contributed by atoms with Crippen LogP contribution in [0.4, 0.5) is 34.1 Å². The molecule has 0 bridgehead atoms. The van der Waals surface area contributed by atoms with E-state index in [9.17, 15) is 0 Å². The normalized spacial score (nSPS) is 14.8. The van der Waals surface area contributed by atoms with E-state index in [0.717, 1.165) is 18.5 Å². The second kappa shape index (κ2) is 24.1. The summed E-state index contributed by atoms with van der Waals surface area (Å²) < 4.78 is 2.51. The first-order chi connectivity index (χ1) is 48.3. The molecule has 0 atom stereocenters. The van der Waals surface area contributed by atoms with Gasteiger partial charge in [0.25, 0.3) is 6.71 Å². The van der Waals surface area contributed by atoms with Gasteiger partial charge < -0.3 is 14.4 Å². The molecule has 0 N–H and O–H groups in total. The third-order valence-electron chi connectivity index (χ3n) is 22.0. The van der Waals surface area contributed by atoms with E-state index in [2.05, 4.69) is 381 Å². The lowest BCUT2D eigenvalue weighted by Crippen LogP contribution is -2.61.